The summed E-state index contributed by atoms with van der Waals surface area (Å²) in [5.74, 6) is 0.136. The number of nitrogens with zero attached hydrogens (tertiary/aromatic N) is 3. The van der Waals surface area contributed by atoms with Gasteiger partial charge in [0.1, 0.15) is 11.3 Å². The predicted octanol–water partition coefficient (Wildman–Crippen LogP) is 1.60. The van der Waals surface area contributed by atoms with E-state index in [0.717, 1.165) is 16.9 Å². The lowest BCUT2D eigenvalue weighted by Gasteiger charge is -2.04. The van der Waals surface area contributed by atoms with Crippen molar-refractivity contribution in [2.24, 2.45) is 0 Å². The Balaban J connectivity index is 2.22. The Kier molecular flexibility index (Phi) is 2.85. The van der Waals surface area contributed by atoms with Crippen LogP contribution in [0.25, 0.3) is 11.0 Å². The zero-order valence-corrected chi connectivity index (χ0v) is 9.05. The second-order valence-corrected chi connectivity index (χ2v) is 3.67. The van der Waals surface area contributed by atoms with Crippen molar-refractivity contribution in [2.45, 2.75) is 26.3 Å². The van der Waals surface area contributed by atoms with Crippen LogP contribution in [0.4, 0.5) is 0 Å². The lowest BCUT2D eigenvalue weighted by molar-refractivity contribution is -0.137. The van der Waals surface area contributed by atoms with Crippen LogP contribution in [0.3, 0.4) is 0 Å². The fourth-order valence-electron chi connectivity index (χ4n) is 1.77. The molecule has 0 atom stereocenters. The zero-order valence-electron chi connectivity index (χ0n) is 9.05. The van der Waals surface area contributed by atoms with Crippen LogP contribution in [0.15, 0.2) is 18.5 Å². The molecule has 0 bridgehead atoms. The summed E-state index contributed by atoms with van der Waals surface area (Å²) in [4.78, 5) is 18.8. The van der Waals surface area contributed by atoms with Crippen molar-refractivity contribution in [2.75, 3.05) is 0 Å². The van der Waals surface area contributed by atoms with Crippen LogP contribution in [0.2, 0.25) is 0 Å². The number of carboxylic acids is 1. The fraction of sp³-hybridized carbons (Fsp3) is 0.364. The highest BCUT2D eigenvalue weighted by molar-refractivity contribution is 5.74. The first kappa shape index (κ1) is 10.6. The number of imidazole rings is 1. The van der Waals surface area contributed by atoms with Crippen LogP contribution in [0.1, 0.15) is 18.7 Å². The molecule has 0 saturated carbocycles. The molecule has 5 nitrogen and oxygen atoms in total. The van der Waals surface area contributed by atoms with Crippen molar-refractivity contribution in [3.63, 3.8) is 0 Å². The van der Waals surface area contributed by atoms with Gasteiger partial charge in [-0.2, -0.15) is 0 Å². The fourth-order valence-corrected chi connectivity index (χ4v) is 1.77. The minimum absolute atomic E-state index is 0.185. The van der Waals surface area contributed by atoms with Crippen LogP contribution in [0.5, 0.6) is 0 Å². The van der Waals surface area contributed by atoms with E-state index >= 15 is 0 Å². The van der Waals surface area contributed by atoms with Crippen molar-refractivity contribution in [3.05, 3.63) is 24.3 Å². The van der Waals surface area contributed by atoms with E-state index in [4.69, 9.17) is 5.11 Å². The second-order valence-electron chi connectivity index (χ2n) is 3.67. The predicted molar refractivity (Wildman–Crippen MR) is 59.1 cm³/mol. The first-order valence-corrected chi connectivity index (χ1v) is 5.17. The average molecular weight is 219 g/mol. The SMILES string of the molecule is Cc1nc2cnccc2n1CCCC(=O)O. The summed E-state index contributed by atoms with van der Waals surface area (Å²) in [6.45, 7) is 2.60. The van der Waals surface area contributed by atoms with E-state index in [2.05, 4.69) is 9.97 Å². The molecule has 0 amide bonds. The molecule has 0 radical (unpaired) electrons. The number of carbonyl (C=O) groups is 1. The van der Waals surface area contributed by atoms with Crippen molar-refractivity contribution in [1.82, 2.24) is 14.5 Å². The van der Waals surface area contributed by atoms with Crippen LogP contribution in [0, 0.1) is 6.92 Å². The Bertz CT molecular complexity index is 519. The summed E-state index contributed by atoms with van der Waals surface area (Å²) >= 11 is 0. The first-order valence-electron chi connectivity index (χ1n) is 5.17. The van der Waals surface area contributed by atoms with Gasteiger partial charge in [-0.3, -0.25) is 9.78 Å². The highest BCUT2D eigenvalue weighted by Gasteiger charge is 2.07. The third-order valence-electron chi connectivity index (χ3n) is 2.51. The third kappa shape index (κ3) is 2.03. The van der Waals surface area contributed by atoms with E-state index in [1.807, 2.05) is 17.6 Å². The number of aromatic nitrogens is 3. The van der Waals surface area contributed by atoms with Gasteiger partial charge in [0.15, 0.2) is 0 Å². The quantitative estimate of drug-likeness (QED) is 0.848. The lowest BCUT2D eigenvalue weighted by Crippen LogP contribution is -2.03. The molecule has 0 aliphatic carbocycles. The van der Waals surface area contributed by atoms with Gasteiger partial charge in [-0.15, -0.1) is 0 Å². The van der Waals surface area contributed by atoms with Gasteiger partial charge in [0.2, 0.25) is 0 Å². The molecule has 2 heterocycles. The second kappa shape index (κ2) is 4.30. The molecule has 2 aromatic heterocycles. The van der Waals surface area contributed by atoms with E-state index in [1.54, 1.807) is 12.4 Å². The Labute approximate surface area is 92.8 Å². The van der Waals surface area contributed by atoms with Gasteiger partial charge >= 0.3 is 5.97 Å². The Morgan fingerprint density at radius 3 is 3.12 bits per heavy atom. The molecule has 84 valence electrons. The topological polar surface area (TPSA) is 68.0 Å². The molecule has 0 saturated heterocycles. The van der Waals surface area contributed by atoms with E-state index in [0.29, 0.717) is 13.0 Å². The molecular formula is C11H13N3O2. The van der Waals surface area contributed by atoms with Crippen LogP contribution in [-0.2, 0) is 11.3 Å². The number of aryl methyl sites for hydroxylation is 2. The van der Waals surface area contributed by atoms with Crippen molar-refractivity contribution in [3.8, 4) is 0 Å². The molecular weight excluding hydrogens is 206 g/mol. The summed E-state index contributed by atoms with van der Waals surface area (Å²) in [5.41, 5.74) is 1.87. The smallest absolute Gasteiger partial charge is 0.303 e. The van der Waals surface area contributed by atoms with Gasteiger partial charge in [-0.1, -0.05) is 0 Å². The van der Waals surface area contributed by atoms with Crippen molar-refractivity contribution < 1.29 is 9.90 Å². The molecule has 0 aromatic carbocycles. The number of rotatable bonds is 4. The van der Waals surface area contributed by atoms with Crippen LogP contribution >= 0.6 is 0 Å². The molecule has 0 unspecified atom stereocenters. The molecule has 5 heteroatoms. The van der Waals surface area contributed by atoms with Gasteiger partial charge in [0, 0.05) is 19.2 Å². The number of fused-ring (bicyclic) bond motifs is 1. The highest BCUT2D eigenvalue weighted by Crippen LogP contribution is 2.14. The zero-order chi connectivity index (χ0) is 11.5. The van der Waals surface area contributed by atoms with E-state index in [-0.39, 0.29) is 6.42 Å². The van der Waals surface area contributed by atoms with Crippen LogP contribution in [-0.4, -0.2) is 25.6 Å². The Hall–Kier alpha value is -1.91. The highest BCUT2D eigenvalue weighted by atomic mass is 16.4. The molecule has 1 N–H and O–H groups in total. The minimum Gasteiger partial charge on any atom is -0.481 e. The van der Waals surface area contributed by atoms with Gasteiger partial charge < -0.3 is 9.67 Å². The minimum atomic E-state index is -0.760. The van der Waals surface area contributed by atoms with Crippen LogP contribution < -0.4 is 0 Å². The number of carboxylic acid groups (broad SMARTS) is 1. The average Bonchev–Trinajstić information content (AvgIpc) is 2.55. The Morgan fingerprint density at radius 2 is 2.38 bits per heavy atom. The van der Waals surface area contributed by atoms with Gasteiger partial charge in [0.05, 0.1) is 11.7 Å². The van der Waals surface area contributed by atoms with Crippen molar-refractivity contribution in [1.29, 1.82) is 0 Å². The standard InChI is InChI=1S/C11H13N3O2/c1-8-13-9-7-12-5-4-10(9)14(8)6-2-3-11(15)16/h4-5,7H,2-3,6H2,1H3,(H,15,16). The van der Waals surface area contributed by atoms with Gasteiger partial charge in [-0.05, 0) is 19.4 Å². The third-order valence-corrected chi connectivity index (χ3v) is 2.51. The summed E-state index contributed by atoms with van der Waals surface area (Å²) in [7, 11) is 0. The molecule has 16 heavy (non-hydrogen) atoms. The maximum Gasteiger partial charge on any atom is 0.303 e. The van der Waals surface area contributed by atoms with E-state index in [1.165, 1.54) is 0 Å². The first-order chi connectivity index (χ1) is 7.68. The number of hydrogen-bond donors (Lipinski definition) is 1. The lowest BCUT2D eigenvalue weighted by atomic mass is 10.3. The Morgan fingerprint density at radius 1 is 1.56 bits per heavy atom. The van der Waals surface area contributed by atoms with E-state index in [9.17, 15) is 4.79 Å². The molecule has 0 aliphatic rings. The number of hydrogen-bond acceptors (Lipinski definition) is 3. The van der Waals surface area contributed by atoms with Gasteiger partial charge in [0.25, 0.3) is 0 Å². The monoisotopic (exact) mass is 219 g/mol. The maximum absolute atomic E-state index is 10.4. The number of pyridine rings is 1. The van der Waals surface area contributed by atoms with Gasteiger partial charge in [-0.25, -0.2) is 4.98 Å². The molecule has 0 spiro atoms. The summed E-state index contributed by atoms with van der Waals surface area (Å²) in [6.07, 6.45) is 4.24. The molecule has 0 aliphatic heterocycles. The summed E-state index contributed by atoms with van der Waals surface area (Å²) < 4.78 is 2.03. The summed E-state index contributed by atoms with van der Waals surface area (Å²) in [6, 6.07) is 1.90. The molecule has 2 aromatic rings. The summed E-state index contributed by atoms with van der Waals surface area (Å²) in [5, 5.41) is 8.59. The normalized spacial score (nSPS) is 10.8. The maximum atomic E-state index is 10.4. The largest absolute Gasteiger partial charge is 0.481 e. The molecule has 0 fully saturated rings. The molecule has 2 rings (SSSR count). The number of aliphatic carboxylic acids is 1. The van der Waals surface area contributed by atoms with Crippen molar-refractivity contribution >= 4 is 17.0 Å². The van der Waals surface area contributed by atoms with E-state index < -0.39 is 5.97 Å².